The molecule has 33 heavy (non-hydrogen) atoms. The number of aromatic amines is 1. The van der Waals surface area contributed by atoms with Gasteiger partial charge in [0.15, 0.2) is 5.01 Å². The summed E-state index contributed by atoms with van der Waals surface area (Å²) in [5, 5.41) is 7.40. The Kier molecular flexibility index (Phi) is 6.37. The maximum atomic E-state index is 13.6. The van der Waals surface area contributed by atoms with E-state index >= 15 is 0 Å². The summed E-state index contributed by atoms with van der Waals surface area (Å²) in [6.45, 7) is 4.30. The van der Waals surface area contributed by atoms with E-state index in [4.69, 9.17) is 4.74 Å². The number of likely N-dealkylation sites (tertiary alicyclic amines) is 1. The zero-order valence-corrected chi connectivity index (χ0v) is 19.5. The molecule has 2 aromatic heterocycles. The minimum atomic E-state index is -0.0249. The predicted octanol–water partition coefficient (Wildman–Crippen LogP) is 4.43. The molecule has 1 fully saturated rings. The topological polar surface area (TPSA) is 74.3 Å². The van der Waals surface area contributed by atoms with Crippen LogP contribution >= 0.6 is 11.3 Å². The number of carbonyl (C=O) groups excluding carboxylic acids is 1. The number of amides is 1. The Bertz CT molecular complexity index is 1230. The predicted molar refractivity (Wildman–Crippen MR) is 131 cm³/mol. The number of methoxy groups -OCH3 is 1. The van der Waals surface area contributed by atoms with Crippen molar-refractivity contribution in [2.24, 2.45) is 0 Å². The first-order valence-electron chi connectivity index (χ1n) is 11.2. The third-order valence-electron chi connectivity index (χ3n) is 6.08. The lowest BCUT2D eigenvalue weighted by atomic mass is 10.1. The van der Waals surface area contributed by atoms with Crippen LogP contribution in [0.3, 0.4) is 0 Å². The number of aromatic nitrogens is 3. The Morgan fingerprint density at radius 2 is 2.06 bits per heavy atom. The second-order valence-corrected chi connectivity index (χ2v) is 9.35. The van der Waals surface area contributed by atoms with E-state index in [0.29, 0.717) is 18.1 Å². The molecule has 0 bridgehead atoms. The van der Waals surface area contributed by atoms with Gasteiger partial charge in [-0.2, -0.15) is 5.10 Å². The molecule has 4 aromatic rings. The summed E-state index contributed by atoms with van der Waals surface area (Å²) < 4.78 is 6.37. The van der Waals surface area contributed by atoms with E-state index in [0.717, 1.165) is 52.3 Å². The Morgan fingerprint density at radius 1 is 1.18 bits per heavy atom. The Morgan fingerprint density at radius 3 is 2.85 bits per heavy atom. The molecule has 8 heteroatoms. The first-order valence-corrected chi connectivity index (χ1v) is 12.1. The van der Waals surface area contributed by atoms with Gasteiger partial charge in [0.25, 0.3) is 5.91 Å². The van der Waals surface area contributed by atoms with E-state index < -0.39 is 0 Å². The zero-order valence-electron chi connectivity index (χ0n) is 18.7. The lowest BCUT2D eigenvalue weighted by Gasteiger charge is -2.25. The van der Waals surface area contributed by atoms with Gasteiger partial charge in [-0.1, -0.05) is 18.2 Å². The van der Waals surface area contributed by atoms with Crippen LogP contribution in [0.15, 0.2) is 54.9 Å². The van der Waals surface area contributed by atoms with Crippen LogP contribution < -0.4 is 4.74 Å². The van der Waals surface area contributed by atoms with Crippen molar-refractivity contribution in [1.29, 1.82) is 0 Å². The van der Waals surface area contributed by atoms with Gasteiger partial charge in [-0.25, -0.2) is 4.98 Å². The summed E-state index contributed by atoms with van der Waals surface area (Å²) in [7, 11) is 1.66. The number of carbonyl (C=O) groups is 1. The Hall–Kier alpha value is -3.23. The van der Waals surface area contributed by atoms with E-state index in [1.165, 1.54) is 24.2 Å². The van der Waals surface area contributed by atoms with Crippen LogP contribution in [0.1, 0.15) is 28.2 Å². The van der Waals surface area contributed by atoms with Crippen LogP contribution in [0.25, 0.3) is 21.3 Å². The molecule has 1 aliphatic rings. The first kappa shape index (κ1) is 21.6. The molecule has 1 saturated heterocycles. The van der Waals surface area contributed by atoms with Gasteiger partial charge < -0.3 is 14.5 Å². The molecule has 3 heterocycles. The fraction of sp³-hybridized carbons (Fsp3) is 0.320. The standard InChI is InChI=1S/C25H27N5O2S/c1-32-21-6-4-5-18(13-21)17-30(12-11-29-9-2-3-10-29)25(31)24-28-22-8-7-19(14-23(22)33-24)20-15-26-27-16-20/h4-8,13-16H,2-3,9-12,17H2,1H3,(H,26,27). The van der Waals surface area contributed by atoms with Gasteiger partial charge >= 0.3 is 0 Å². The summed E-state index contributed by atoms with van der Waals surface area (Å²) in [6, 6.07) is 14.0. The van der Waals surface area contributed by atoms with E-state index in [1.54, 1.807) is 13.3 Å². The van der Waals surface area contributed by atoms with Gasteiger partial charge in [-0.15, -0.1) is 11.3 Å². The smallest absolute Gasteiger partial charge is 0.283 e. The fourth-order valence-electron chi connectivity index (χ4n) is 4.25. The normalized spacial score (nSPS) is 14.1. The third-order valence-corrected chi connectivity index (χ3v) is 7.09. The highest BCUT2D eigenvalue weighted by molar-refractivity contribution is 7.20. The van der Waals surface area contributed by atoms with Gasteiger partial charge in [0.05, 0.1) is 23.5 Å². The average Bonchev–Trinajstić information content (AvgIpc) is 3.62. The summed E-state index contributed by atoms with van der Waals surface area (Å²) in [5.41, 5.74) is 3.97. The van der Waals surface area contributed by atoms with Crippen molar-refractivity contribution in [2.75, 3.05) is 33.3 Å². The summed E-state index contributed by atoms with van der Waals surface area (Å²) >= 11 is 1.45. The fourth-order valence-corrected chi connectivity index (χ4v) is 5.22. The molecule has 0 unspecified atom stereocenters. The van der Waals surface area contributed by atoms with Crippen molar-refractivity contribution in [1.82, 2.24) is 25.0 Å². The van der Waals surface area contributed by atoms with Crippen molar-refractivity contribution in [3.63, 3.8) is 0 Å². The Balaban J connectivity index is 1.40. The number of hydrogen-bond acceptors (Lipinski definition) is 6. The molecule has 7 nitrogen and oxygen atoms in total. The molecule has 1 aliphatic heterocycles. The third kappa shape index (κ3) is 4.91. The van der Waals surface area contributed by atoms with Gasteiger partial charge in [0.2, 0.25) is 0 Å². The second kappa shape index (κ2) is 9.72. The zero-order chi connectivity index (χ0) is 22.6. The van der Waals surface area contributed by atoms with Crippen molar-refractivity contribution < 1.29 is 9.53 Å². The SMILES string of the molecule is COc1cccc(CN(CCN2CCCC2)C(=O)c2nc3ccc(-c4cn[nH]c4)cc3s2)c1. The van der Waals surface area contributed by atoms with E-state index in [1.807, 2.05) is 47.5 Å². The van der Waals surface area contributed by atoms with Crippen LogP contribution in [-0.4, -0.2) is 64.2 Å². The molecule has 0 radical (unpaired) electrons. The molecule has 2 aromatic carbocycles. The van der Waals surface area contributed by atoms with Gasteiger partial charge in [-0.3, -0.25) is 9.89 Å². The van der Waals surface area contributed by atoms with Crippen molar-refractivity contribution in [3.8, 4) is 16.9 Å². The highest BCUT2D eigenvalue weighted by atomic mass is 32.1. The van der Waals surface area contributed by atoms with Crippen LogP contribution in [-0.2, 0) is 6.54 Å². The average molecular weight is 462 g/mol. The molecular formula is C25H27N5O2S. The van der Waals surface area contributed by atoms with Crippen molar-refractivity contribution >= 4 is 27.5 Å². The van der Waals surface area contributed by atoms with Crippen molar-refractivity contribution in [3.05, 3.63) is 65.4 Å². The van der Waals surface area contributed by atoms with Crippen LogP contribution in [0, 0.1) is 0 Å². The van der Waals surface area contributed by atoms with E-state index in [2.05, 4.69) is 26.1 Å². The molecule has 0 atom stereocenters. The molecule has 5 rings (SSSR count). The summed E-state index contributed by atoms with van der Waals surface area (Å²) in [5.74, 6) is 0.772. The van der Waals surface area contributed by atoms with Crippen LogP contribution in [0.2, 0.25) is 0 Å². The molecule has 0 saturated carbocycles. The minimum Gasteiger partial charge on any atom is -0.497 e. The lowest BCUT2D eigenvalue weighted by Crippen LogP contribution is -2.37. The highest BCUT2D eigenvalue weighted by Gasteiger charge is 2.22. The largest absolute Gasteiger partial charge is 0.497 e. The number of fused-ring (bicyclic) bond motifs is 1. The van der Waals surface area contributed by atoms with Crippen LogP contribution in [0.5, 0.6) is 5.75 Å². The lowest BCUT2D eigenvalue weighted by molar-refractivity contribution is 0.0726. The number of benzene rings is 2. The summed E-state index contributed by atoms with van der Waals surface area (Å²) in [6.07, 6.45) is 6.13. The summed E-state index contributed by atoms with van der Waals surface area (Å²) in [4.78, 5) is 22.6. The van der Waals surface area contributed by atoms with Gasteiger partial charge in [0.1, 0.15) is 5.75 Å². The molecular weight excluding hydrogens is 434 g/mol. The van der Waals surface area contributed by atoms with E-state index in [9.17, 15) is 4.79 Å². The van der Waals surface area contributed by atoms with Gasteiger partial charge in [-0.05, 0) is 61.3 Å². The number of ether oxygens (including phenoxy) is 1. The maximum Gasteiger partial charge on any atom is 0.283 e. The molecule has 170 valence electrons. The molecule has 1 amide bonds. The highest BCUT2D eigenvalue weighted by Crippen LogP contribution is 2.29. The maximum absolute atomic E-state index is 13.6. The molecule has 1 N–H and O–H groups in total. The number of nitrogens with one attached hydrogen (secondary N) is 1. The van der Waals surface area contributed by atoms with Crippen molar-refractivity contribution in [2.45, 2.75) is 19.4 Å². The minimum absolute atomic E-state index is 0.0249. The molecule has 0 spiro atoms. The van der Waals surface area contributed by atoms with Gasteiger partial charge in [0, 0.05) is 31.4 Å². The van der Waals surface area contributed by atoms with E-state index in [-0.39, 0.29) is 5.91 Å². The monoisotopic (exact) mass is 461 g/mol. The number of rotatable bonds is 8. The first-order chi connectivity index (χ1) is 16.2. The quantitative estimate of drug-likeness (QED) is 0.420. The second-order valence-electron chi connectivity index (χ2n) is 8.32. The molecule has 0 aliphatic carbocycles. The number of H-pyrrole nitrogens is 1. The Labute approximate surface area is 197 Å². The van der Waals surface area contributed by atoms with Crippen LogP contribution in [0.4, 0.5) is 0 Å². The number of hydrogen-bond donors (Lipinski definition) is 1. The number of nitrogens with zero attached hydrogens (tertiary/aromatic N) is 4. The number of thiazole rings is 1.